The smallest absolute Gasteiger partial charge is 0.318 e. The summed E-state index contributed by atoms with van der Waals surface area (Å²) in [6.07, 6.45) is 1.07. The number of nitrogens with one attached hydrogen (secondary N) is 1. The summed E-state index contributed by atoms with van der Waals surface area (Å²) in [5, 5.41) is 2.72. The third-order valence-corrected chi connectivity index (χ3v) is 2.48. The van der Waals surface area contributed by atoms with Crippen LogP contribution in [0.5, 0.6) is 6.01 Å². The molecule has 0 amide bonds. The van der Waals surface area contributed by atoms with Crippen LogP contribution in [0.2, 0.25) is 0 Å². The van der Waals surface area contributed by atoms with E-state index < -0.39 is 5.82 Å². The Morgan fingerprint density at radius 3 is 2.80 bits per heavy atom. The number of anilines is 1. The van der Waals surface area contributed by atoms with Crippen molar-refractivity contribution in [1.82, 2.24) is 9.97 Å². The van der Waals surface area contributed by atoms with E-state index in [4.69, 9.17) is 9.47 Å². The molecule has 0 bridgehead atoms. The second kappa shape index (κ2) is 7.40. The third kappa shape index (κ3) is 4.17. The zero-order chi connectivity index (χ0) is 14.2. The van der Waals surface area contributed by atoms with Crippen LogP contribution in [0.1, 0.15) is 12.5 Å². The Hall–Kier alpha value is -2.21. The first-order chi connectivity index (χ1) is 9.79. The molecule has 6 heteroatoms. The molecule has 1 aromatic heterocycles. The van der Waals surface area contributed by atoms with Crippen LogP contribution < -0.4 is 10.1 Å². The summed E-state index contributed by atoms with van der Waals surface area (Å²) < 4.78 is 24.0. The number of hydrogen-bond acceptors (Lipinski definition) is 5. The van der Waals surface area contributed by atoms with Gasteiger partial charge in [-0.25, -0.2) is 9.37 Å². The van der Waals surface area contributed by atoms with E-state index in [0.29, 0.717) is 13.2 Å². The van der Waals surface area contributed by atoms with Crippen molar-refractivity contribution in [3.05, 3.63) is 47.9 Å². The van der Waals surface area contributed by atoms with Gasteiger partial charge in [0.2, 0.25) is 0 Å². The molecule has 0 unspecified atom stereocenters. The van der Waals surface area contributed by atoms with Crippen molar-refractivity contribution in [2.24, 2.45) is 0 Å². The average molecular weight is 277 g/mol. The fraction of sp³-hybridized carbons (Fsp3) is 0.286. The van der Waals surface area contributed by atoms with Gasteiger partial charge in [0.1, 0.15) is 13.3 Å². The molecule has 5 nitrogen and oxygen atoms in total. The normalized spacial score (nSPS) is 10.3. The number of halogens is 1. The lowest BCUT2D eigenvalue weighted by molar-refractivity contribution is 0.166. The summed E-state index contributed by atoms with van der Waals surface area (Å²) in [5.74, 6) is -0.478. The molecule has 0 aliphatic rings. The van der Waals surface area contributed by atoms with Gasteiger partial charge in [0.15, 0.2) is 11.6 Å². The molecule has 2 aromatic rings. The second-order valence-electron chi connectivity index (χ2n) is 3.94. The Bertz CT molecular complexity index is 537. The lowest BCUT2D eigenvalue weighted by atomic mass is 10.2. The topological polar surface area (TPSA) is 56.3 Å². The molecular formula is C14H16FN3O2. The highest BCUT2D eigenvalue weighted by atomic mass is 19.1. The van der Waals surface area contributed by atoms with Gasteiger partial charge in [0, 0.05) is 6.61 Å². The van der Waals surface area contributed by atoms with Crippen LogP contribution in [0.25, 0.3) is 0 Å². The van der Waals surface area contributed by atoms with Crippen LogP contribution in [0.15, 0.2) is 36.5 Å². The zero-order valence-corrected chi connectivity index (χ0v) is 11.2. The monoisotopic (exact) mass is 277 g/mol. The summed E-state index contributed by atoms with van der Waals surface area (Å²) in [4.78, 5) is 7.75. The minimum atomic E-state index is -0.545. The molecule has 2 rings (SSSR count). The van der Waals surface area contributed by atoms with Crippen molar-refractivity contribution in [3.8, 4) is 6.01 Å². The molecule has 0 aliphatic carbocycles. The number of rotatable bonds is 7. The Balaban J connectivity index is 1.96. The molecule has 0 fully saturated rings. The molecule has 1 aromatic carbocycles. The first-order valence-electron chi connectivity index (χ1n) is 6.30. The molecule has 20 heavy (non-hydrogen) atoms. The number of hydrogen-bond donors (Lipinski definition) is 1. The molecule has 106 valence electrons. The lowest BCUT2D eigenvalue weighted by Gasteiger charge is -2.08. The van der Waals surface area contributed by atoms with Crippen molar-refractivity contribution < 1.29 is 13.9 Å². The molecule has 0 saturated heterocycles. The Kier molecular flexibility index (Phi) is 5.25. The summed E-state index contributed by atoms with van der Waals surface area (Å²) in [6.45, 7) is 2.91. The molecule has 0 radical (unpaired) electrons. The third-order valence-electron chi connectivity index (χ3n) is 2.48. The minimum Gasteiger partial charge on any atom is -0.459 e. The molecular weight excluding hydrogens is 261 g/mol. The number of benzene rings is 1. The highest BCUT2D eigenvalue weighted by Crippen LogP contribution is 2.14. The number of aromatic nitrogens is 2. The van der Waals surface area contributed by atoms with E-state index in [-0.39, 0.29) is 18.6 Å². The fourth-order valence-corrected chi connectivity index (χ4v) is 1.49. The van der Waals surface area contributed by atoms with Gasteiger partial charge < -0.3 is 14.8 Å². The molecule has 0 atom stereocenters. The van der Waals surface area contributed by atoms with Crippen molar-refractivity contribution in [1.29, 1.82) is 0 Å². The minimum absolute atomic E-state index is 0.0662. The van der Waals surface area contributed by atoms with Crippen LogP contribution in [-0.4, -0.2) is 23.3 Å². The van der Waals surface area contributed by atoms with Crippen LogP contribution >= 0.6 is 0 Å². The van der Waals surface area contributed by atoms with Gasteiger partial charge in [0.25, 0.3) is 0 Å². The predicted molar refractivity (Wildman–Crippen MR) is 72.9 cm³/mol. The van der Waals surface area contributed by atoms with E-state index in [9.17, 15) is 4.39 Å². The molecule has 1 N–H and O–H groups in total. The van der Waals surface area contributed by atoms with Crippen LogP contribution in [0.4, 0.5) is 10.2 Å². The highest BCUT2D eigenvalue weighted by Gasteiger charge is 2.07. The second-order valence-corrected chi connectivity index (χ2v) is 3.94. The van der Waals surface area contributed by atoms with Crippen molar-refractivity contribution in [2.75, 3.05) is 18.7 Å². The first-order valence-corrected chi connectivity index (χ1v) is 6.30. The highest BCUT2D eigenvalue weighted by molar-refractivity contribution is 5.35. The predicted octanol–water partition coefficient (Wildman–Crippen LogP) is 2.60. The summed E-state index contributed by atoms with van der Waals surface area (Å²) in [7, 11) is 0. The summed E-state index contributed by atoms with van der Waals surface area (Å²) >= 11 is 0. The number of ether oxygens (including phenoxy) is 2. The standard InChI is InChI=1S/C14H16FN3O2/c1-2-19-10-17-13-12(15)8-16-14(18-13)20-9-11-6-4-3-5-7-11/h3-8H,2,9-10H2,1H3,(H,16,17,18). The Morgan fingerprint density at radius 2 is 2.05 bits per heavy atom. The van der Waals surface area contributed by atoms with E-state index in [1.807, 2.05) is 37.3 Å². The van der Waals surface area contributed by atoms with Gasteiger partial charge in [-0.1, -0.05) is 30.3 Å². The first kappa shape index (κ1) is 14.2. The Labute approximate surface area is 116 Å². The van der Waals surface area contributed by atoms with E-state index in [2.05, 4.69) is 15.3 Å². The van der Waals surface area contributed by atoms with Crippen molar-refractivity contribution in [2.45, 2.75) is 13.5 Å². The molecule has 0 spiro atoms. The van der Waals surface area contributed by atoms with Crippen LogP contribution in [0.3, 0.4) is 0 Å². The Morgan fingerprint density at radius 1 is 1.25 bits per heavy atom. The molecule has 0 aliphatic heterocycles. The van der Waals surface area contributed by atoms with Crippen LogP contribution in [0, 0.1) is 5.82 Å². The fourth-order valence-electron chi connectivity index (χ4n) is 1.49. The van der Waals surface area contributed by atoms with Gasteiger partial charge in [-0.3, -0.25) is 0 Å². The maximum absolute atomic E-state index is 13.5. The zero-order valence-electron chi connectivity index (χ0n) is 11.2. The van der Waals surface area contributed by atoms with Crippen molar-refractivity contribution in [3.63, 3.8) is 0 Å². The SMILES string of the molecule is CCOCNc1nc(OCc2ccccc2)ncc1F. The maximum Gasteiger partial charge on any atom is 0.318 e. The van der Waals surface area contributed by atoms with Gasteiger partial charge in [0.05, 0.1) is 6.20 Å². The van der Waals surface area contributed by atoms with E-state index in [0.717, 1.165) is 11.8 Å². The van der Waals surface area contributed by atoms with Gasteiger partial charge in [-0.2, -0.15) is 4.98 Å². The van der Waals surface area contributed by atoms with Gasteiger partial charge in [-0.15, -0.1) is 0 Å². The van der Waals surface area contributed by atoms with Crippen LogP contribution in [-0.2, 0) is 11.3 Å². The lowest BCUT2D eigenvalue weighted by Crippen LogP contribution is -2.10. The van der Waals surface area contributed by atoms with Crippen molar-refractivity contribution >= 4 is 5.82 Å². The molecule has 1 heterocycles. The average Bonchev–Trinajstić information content (AvgIpc) is 2.49. The largest absolute Gasteiger partial charge is 0.459 e. The van der Waals surface area contributed by atoms with E-state index in [1.165, 1.54) is 0 Å². The summed E-state index contributed by atoms with van der Waals surface area (Å²) in [5.41, 5.74) is 0.990. The van der Waals surface area contributed by atoms with E-state index in [1.54, 1.807) is 0 Å². The van der Waals surface area contributed by atoms with Gasteiger partial charge >= 0.3 is 6.01 Å². The molecule has 0 saturated carbocycles. The van der Waals surface area contributed by atoms with E-state index >= 15 is 0 Å². The van der Waals surface area contributed by atoms with Gasteiger partial charge in [-0.05, 0) is 12.5 Å². The number of nitrogens with zero attached hydrogens (tertiary/aromatic N) is 2. The summed E-state index contributed by atoms with van der Waals surface area (Å²) in [6, 6.07) is 9.73. The maximum atomic E-state index is 13.5. The quantitative estimate of drug-likeness (QED) is 0.622.